The number of likely N-dealkylation sites (N-methyl/N-ethyl adjacent to an activating group) is 2. The highest BCUT2D eigenvalue weighted by molar-refractivity contribution is 4.83. The first-order valence-corrected chi connectivity index (χ1v) is 6.44. The van der Waals surface area contributed by atoms with E-state index in [1.807, 2.05) is 7.05 Å². The lowest BCUT2D eigenvalue weighted by Gasteiger charge is -2.39. The van der Waals surface area contributed by atoms with Crippen molar-refractivity contribution in [2.45, 2.75) is 37.5 Å². The van der Waals surface area contributed by atoms with Crippen LogP contribution >= 0.6 is 0 Å². The molecule has 0 radical (unpaired) electrons. The van der Waals surface area contributed by atoms with Gasteiger partial charge in [0, 0.05) is 38.1 Å². The third-order valence-corrected chi connectivity index (χ3v) is 3.72. The molecule has 3 nitrogen and oxygen atoms in total. The molecule has 1 heterocycles. The molecule has 0 amide bonds. The maximum atomic E-state index is 12.2. The third kappa shape index (κ3) is 5.54. The van der Waals surface area contributed by atoms with Gasteiger partial charge in [0.25, 0.3) is 0 Å². The molecular weight excluding hydrogens is 243 g/mol. The fourth-order valence-corrected chi connectivity index (χ4v) is 2.40. The minimum atomic E-state index is -4.05. The highest BCUT2D eigenvalue weighted by Gasteiger charge is 2.30. The van der Waals surface area contributed by atoms with Crippen molar-refractivity contribution in [3.8, 4) is 0 Å². The van der Waals surface area contributed by atoms with Crippen LogP contribution in [0.15, 0.2) is 0 Å². The maximum Gasteiger partial charge on any atom is 0.389 e. The zero-order valence-corrected chi connectivity index (χ0v) is 11.4. The molecule has 0 spiro atoms. The van der Waals surface area contributed by atoms with E-state index >= 15 is 0 Å². The van der Waals surface area contributed by atoms with Crippen LogP contribution in [-0.2, 0) is 0 Å². The molecule has 2 unspecified atom stereocenters. The first kappa shape index (κ1) is 15.7. The Morgan fingerprint density at radius 2 is 1.94 bits per heavy atom. The third-order valence-electron chi connectivity index (χ3n) is 3.72. The highest BCUT2D eigenvalue weighted by Crippen LogP contribution is 2.24. The molecule has 18 heavy (non-hydrogen) atoms. The van der Waals surface area contributed by atoms with Crippen LogP contribution in [0.2, 0.25) is 0 Å². The van der Waals surface area contributed by atoms with Gasteiger partial charge in [-0.25, -0.2) is 0 Å². The number of alkyl halides is 3. The predicted molar refractivity (Wildman–Crippen MR) is 66.7 cm³/mol. The van der Waals surface area contributed by atoms with E-state index < -0.39 is 12.6 Å². The Labute approximate surface area is 107 Å². The molecule has 1 saturated heterocycles. The molecule has 108 valence electrons. The van der Waals surface area contributed by atoms with Gasteiger partial charge in [-0.3, -0.25) is 0 Å². The molecule has 1 rings (SSSR count). The molecule has 1 aliphatic heterocycles. The van der Waals surface area contributed by atoms with Gasteiger partial charge in [0.1, 0.15) is 0 Å². The van der Waals surface area contributed by atoms with Gasteiger partial charge in [-0.2, -0.15) is 13.2 Å². The summed E-state index contributed by atoms with van der Waals surface area (Å²) in [6.07, 6.45) is -3.82. The summed E-state index contributed by atoms with van der Waals surface area (Å²) in [7, 11) is 5.85. The molecule has 0 aromatic heterocycles. The summed E-state index contributed by atoms with van der Waals surface area (Å²) in [6, 6.07) is 0.278. The van der Waals surface area contributed by atoms with Crippen molar-refractivity contribution in [3.05, 3.63) is 0 Å². The summed E-state index contributed by atoms with van der Waals surface area (Å²) in [5.74, 6) is 0. The second kappa shape index (κ2) is 6.73. The van der Waals surface area contributed by atoms with Crippen molar-refractivity contribution in [1.29, 1.82) is 0 Å². The number of nitrogens with one attached hydrogen (secondary N) is 1. The van der Waals surface area contributed by atoms with Crippen molar-refractivity contribution >= 4 is 0 Å². The minimum Gasteiger partial charge on any atom is -0.317 e. The summed E-state index contributed by atoms with van der Waals surface area (Å²) < 4.78 is 36.7. The SMILES string of the molecule is CNC(CCC(F)(F)F)CC1CN(C)CCN1C. The second-order valence-electron chi connectivity index (χ2n) is 5.27. The van der Waals surface area contributed by atoms with Gasteiger partial charge in [0.05, 0.1) is 0 Å². The molecule has 0 aromatic rings. The van der Waals surface area contributed by atoms with Crippen LogP contribution in [0, 0.1) is 0 Å². The van der Waals surface area contributed by atoms with E-state index in [9.17, 15) is 13.2 Å². The van der Waals surface area contributed by atoms with Crippen LogP contribution in [0.3, 0.4) is 0 Å². The van der Waals surface area contributed by atoms with E-state index in [0.717, 1.165) is 26.1 Å². The first-order valence-electron chi connectivity index (χ1n) is 6.44. The van der Waals surface area contributed by atoms with Crippen LogP contribution in [-0.4, -0.2) is 68.8 Å². The lowest BCUT2D eigenvalue weighted by Crippen LogP contribution is -2.52. The number of piperazine rings is 1. The summed E-state index contributed by atoms with van der Waals surface area (Å²) in [4.78, 5) is 4.49. The highest BCUT2D eigenvalue weighted by atomic mass is 19.4. The van der Waals surface area contributed by atoms with Crippen molar-refractivity contribution in [3.63, 3.8) is 0 Å². The Bertz CT molecular complexity index is 245. The average molecular weight is 267 g/mol. The summed E-state index contributed by atoms with van der Waals surface area (Å²) >= 11 is 0. The van der Waals surface area contributed by atoms with E-state index in [4.69, 9.17) is 0 Å². The average Bonchev–Trinajstić information content (AvgIpc) is 2.27. The zero-order chi connectivity index (χ0) is 13.8. The number of rotatable bonds is 5. The van der Waals surface area contributed by atoms with Crippen LogP contribution < -0.4 is 5.32 Å². The molecule has 2 atom stereocenters. The normalized spacial score (nSPS) is 25.3. The van der Waals surface area contributed by atoms with Crippen molar-refractivity contribution < 1.29 is 13.2 Å². The molecule has 0 aliphatic carbocycles. The Kier molecular flexibility index (Phi) is 5.88. The van der Waals surface area contributed by atoms with Gasteiger partial charge < -0.3 is 15.1 Å². The Balaban J connectivity index is 2.41. The number of hydrogen-bond acceptors (Lipinski definition) is 3. The van der Waals surface area contributed by atoms with Crippen LogP contribution in [0.4, 0.5) is 13.2 Å². The molecule has 1 N–H and O–H groups in total. The Morgan fingerprint density at radius 1 is 1.28 bits per heavy atom. The molecule has 0 aromatic carbocycles. The van der Waals surface area contributed by atoms with E-state index in [0.29, 0.717) is 6.04 Å². The number of halogens is 3. The van der Waals surface area contributed by atoms with Crippen molar-refractivity contribution in [2.24, 2.45) is 0 Å². The Hall–Kier alpha value is -0.330. The topological polar surface area (TPSA) is 18.5 Å². The molecule has 6 heteroatoms. The molecule has 0 bridgehead atoms. The molecule has 1 aliphatic rings. The van der Waals surface area contributed by atoms with Gasteiger partial charge in [-0.05, 0) is 34.0 Å². The number of hydrogen-bond donors (Lipinski definition) is 1. The van der Waals surface area contributed by atoms with Gasteiger partial charge in [0.2, 0.25) is 0 Å². The van der Waals surface area contributed by atoms with Crippen LogP contribution in [0.1, 0.15) is 19.3 Å². The monoisotopic (exact) mass is 267 g/mol. The maximum absolute atomic E-state index is 12.2. The fourth-order valence-electron chi connectivity index (χ4n) is 2.40. The zero-order valence-electron chi connectivity index (χ0n) is 11.4. The van der Waals surface area contributed by atoms with Gasteiger partial charge in [0.15, 0.2) is 0 Å². The van der Waals surface area contributed by atoms with Gasteiger partial charge in [-0.15, -0.1) is 0 Å². The predicted octanol–water partition coefficient (Wildman–Crippen LogP) is 1.55. The van der Waals surface area contributed by atoms with E-state index in [1.54, 1.807) is 7.05 Å². The standard InChI is InChI=1S/C12H24F3N3/c1-16-10(4-5-12(13,14)15)8-11-9-17(2)6-7-18(11)3/h10-11,16H,4-9H2,1-3H3. The molecule has 1 fully saturated rings. The minimum absolute atomic E-state index is 0.0643. The lowest BCUT2D eigenvalue weighted by molar-refractivity contribution is -0.136. The number of nitrogens with zero attached hydrogens (tertiary/aromatic N) is 2. The second-order valence-corrected chi connectivity index (χ2v) is 5.27. The molecule has 0 saturated carbocycles. The van der Waals surface area contributed by atoms with E-state index in [2.05, 4.69) is 22.2 Å². The van der Waals surface area contributed by atoms with Crippen molar-refractivity contribution in [1.82, 2.24) is 15.1 Å². The van der Waals surface area contributed by atoms with Crippen molar-refractivity contribution in [2.75, 3.05) is 40.8 Å². The van der Waals surface area contributed by atoms with E-state index in [1.165, 1.54) is 0 Å². The first-order chi connectivity index (χ1) is 8.31. The fraction of sp³-hybridized carbons (Fsp3) is 1.00. The summed E-state index contributed by atoms with van der Waals surface area (Å²) in [6.45, 7) is 2.94. The Morgan fingerprint density at radius 3 is 2.50 bits per heavy atom. The summed E-state index contributed by atoms with van der Waals surface area (Å²) in [5.41, 5.74) is 0. The largest absolute Gasteiger partial charge is 0.389 e. The molecular formula is C12H24F3N3. The smallest absolute Gasteiger partial charge is 0.317 e. The van der Waals surface area contributed by atoms with Crippen LogP contribution in [0.5, 0.6) is 0 Å². The van der Waals surface area contributed by atoms with Crippen LogP contribution in [0.25, 0.3) is 0 Å². The van der Waals surface area contributed by atoms with Gasteiger partial charge >= 0.3 is 6.18 Å². The quantitative estimate of drug-likeness (QED) is 0.815. The van der Waals surface area contributed by atoms with Gasteiger partial charge in [-0.1, -0.05) is 0 Å². The van der Waals surface area contributed by atoms with E-state index in [-0.39, 0.29) is 12.5 Å². The summed E-state index contributed by atoms with van der Waals surface area (Å²) in [5, 5.41) is 3.01. The lowest BCUT2D eigenvalue weighted by atomic mass is 10.00.